The third kappa shape index (κ3) is 5.69. The number of hydrogen-bond donors (Lipinski definition) is 1. The highest BCUT2D eigenvalue weighted by Crippen LogP contribution is 2.34. The molecule has 0 saturated carbocycles. The number of carbonyl (C=O) groups is 3. The van der Waals surface area contributed by atoms with Crippen LogP contribution in [-0.4, -0.2) is 57.0 Å². The Labute approximate surface area is 206 Å². The lowest BCUT2D eigenvalue weighted by Gasteiger charge is -2.37. The molecule has 2 atom stereocenters. The Balaban J connectivity index is 1.98. The van der Waals surface area contributed by atoms with Gasteiger partial charge >= 0.3 is 18.2 Å². The lowest BCUT2D eigenvalue weighted by Crippen LogP contribution is -2.47. The first kappa shape index (κ1) is 26.3. The van der Waals surface area contributed by atoms with Gasteiger partial charge in [-0.3, -0.25) is 4.57 Å². The largest absolute Gasteiger partial charge is 0.478 e. The van der Waals surface area contributed by atoms with E-state index in [1.54, 1.807) is 40.0 Å². The molecule has 2 aromatic rings. The molecule has 190 valence electrons. The predicted molar refractivity (Wildman–Crippen MR) is 134 cm³/mol. The predicted octanol–water partition coefficient (Wildman–Crippen LogP) is 5.93. The number of benzene rings is 1. The SMILES string of the molecule is CC1C(C(=O)O)=C(c2ccc3ccn(C(=O)OC(C)(C)C)c3c2)CCN1C(=O)OC(C)C(C)(C)C. The smallest absolute Gasteiger partial charge is 0.418 e. The fourth-order valence-electron chi connectivity index (χ4n) is 4.01. The molecule has 0 saturated heterocycles. The molecule has 1 N–H and O–H groups in total. The number of aliphatic carboxylic acids is 1. The van der Waals surface area contributed by atoms with Crippen molar-refractivity contribution < 1.29 is 29.0 Å². The molecule has 1 aliphatic rings. The quantitative estimate of drug-likeness (QED) is 0.580. The zero-order valence-electron chi connectivity index (χ0n) is 21.8. The normalized spacial score (nSPS) is 17.9. The van der Waals surface area contributed by atoms with Crippen molar-refractivity contribution in [3.63, 3.8) is 0 Å². The standard InChI is InChI=1S/C27H36N2O6/c1-16-22(23(30)31)20(12-14-28(16)24(32)34-17(2)26(3,4)5)19-10-9-18-11-13-29(21(18)15-19)25(33)35-27(6,7)8/h9-11,13,15-17H,12,14H2,1-8H3,(H,30,31). The number of carboxylic acids is 1. The van der Waals surface area contributed by atoms with Crippen molar-refractivity contribution >= 4 is 34.6 Å². The van der Waals surface area contributed by atoms with Gasteiger partial charge in [0, 0.05) is 18.1 Å². The first-order chi connectivity index (χ1) is 16.1. The van der Waals surface area contributed by atoms with Crippen molar-refractivity contribution in [3.05, 3.63) is 41.6 Å². The Morgan fingerprint density at radius 1 is 1.06 bits per heavy atom. The summed E-state index contributed by atoms with van der Waals surface area (Å²) in [6.07, 6.45) is 0.642. The minimum absolute atomic E-state index is 0.145. The number of ether oxygens (including phenoxy) is 2. The summed E-state index contributed by atoms with van der Waals surface area (Å²) in [5.74, 6) is -1.09. The minimum Gasteiger partial charge on any atom is -0.478 e. The highest BCUT2D eigenvalue weighted by molar-refractivity contribution is 6.00. The van der Waals surface area contributed by atoms with Gasteiger partial charge in [-0.1, -0.05) is 32.9 Å². The molecule has 35 heavy (non-hydrogen) atoms. The number of carbonyl (C=O) groups excluding carboxylic acids is 2. The van der Waals surface area contributed by atoms with E-state index < -0.39 is 29.8 Å². The summed E-state index contributed by atoms with van der Waals surface area (Å²) in [5.41, 5.74) is 1.22. The summed E-state index contributed by atoms with van der Waals surface area (Å²) in [5, 5.41) is 10.9. The maximum absolute atomic E-state index is 12.9. The molecule has 0 fully saturated rings. The fraction of sp³-hybridized carbons (Fsp3) is 0.519. The number of rotatable bonds is 3. The van der Waals surface area contributed by atoms with Crippen LogP contribution in [0.5, 0.6) is 0 Å². The minimum atomic E-state index is -1.09. The molecule has 3 rings (SSSR count). The van der Waals surface area contributed by atoms with E-state index in [-0.39, 0.29) is 17.1 Å². The van der Waals surface area contributed by atoms with Crippen molar-refractivity contribution in [1.29, 1.82) is 0 Å². The Bertz CT molecular complexity index is 1180. The molecule has 1 aromatic heterocycles. The number of aromatic nitrogens is 1. The van der Waals surface area contributed by atoms with Gasteiger partial charge < -0.3 is 19.5 Å². The van der Waals surface area contributed by atoms with Gasteiger partial charge in [0.15, 0.2) is 0 Å². The second-order valence-electron chi connectivity index (χ2n) is 11.1. The molecule has 1 amide bonds. The number of amides is 1. The summed E-state index contributed by atoms with van der Waals surface area (Å²) in [6, 6.07) is 6.65. The van der Waals surface area contributed by atoms with E-state index >= 15 is 0 Å². The fourth-order valence-corrected chi connectivity index (χ4v) is 4.01. The third-order valence-electron chi connectivity index (χ3n) is 6.41. The molecule has 8 nitrogen and oxygen atoms in total. The lowest BCUT2D eigenvalue weighted by atomic mass is 9.88. The van der Waals surface area contributed by atoms with Gasteiger partial charge in [0.1, 0.15) is 11.7 Å². The molecule has 1 aliphatic heterocycles. The molecule has 2 heterocycles. The number of nitrogens with zero attached hydrogens (tertiary/aromatic N) is 2. The molecule has 0 radical (unpaired) electrons. The van der Waals surface area contributed by atoms with Crippen molar-refractivity contribution in [2.75, 3.05) is 6.54 Å². The molecule has 2 unspecified atom stereocenters. The highest BCUT2D eigenvalue weighted by atomic mass is 16.6. The summed E-state index contributed by atoms with van der Waals surface area (Å²) in [4.78, 5) is 39.4. The van der Waals surface area contributed by atoms with Crippen molar-refractivity contribution in [3.8, 4) is 0 Å². The highest BCUT2D eigenvalue weighted by Gasteiger charge is 2.36. The van der Waals surface area contributed by atoms with E-state index in [1.807, 2.05) is 45.9 Å². The van der Waals surface area contributed by atoms with Crippen LogP contribution in [-0.2, 0) is 14.3 Å². The molecule has 0 aliphatic carbocycles. The molecular weight excluding hydrogens is 448 g/mol. The van der Waals surface area contributed by atoms with E-state index in [9.17, 15) is 19.5 Å². The second kappa shape index (κ2) is 9.40. The average Bonchev–Trinajstić information content (AvgIpc) is 3.14. The van der Waals surface area contributed by atoms with Crippen LogP contribution >= 0.6 is 0 Å². The number of carboxylic acid groups (broad SMARTS) is 1. The van der Waals surface area contributed by atoms with E-state index in [4.69, 9.17) is 9.47 Å². The summed E-state index contributed by atoms with van der Waals surface area (Å²) in [6.45, 7) is 15.2. The zero-order valence-corrected chi connectivity index (χ0v) is 21.8. The van der Waals surface area contributed by atoms with Crippen molar-refractivity contribution in [1.82, 2.24) is 9.47 Å². The Kier molecular flexibility index (Phi) is 7.07. The molecular formula is C27H36N2O6. The number of hydrogen-bond acceptors (Lipinski definition) is 5. The maximum Gasteiger partial charge on any atom is 0.418 e. The summed E-state index contributed by atoms with van der Waals surface area (Å²) < 4.78 is 12.6. The second-order valence-corrected chi connectivity index (χ2v) is 11.1. The van der Waals surface area contributed by atoms with Crippen LogP contribution in [0.3, 0.4) is 0 Å². The van der Waals surface area contributed by atoms with Gasteiger partial charge in [-0.25, -0.2) is 14.4 Å². The Morgan fingerprint density at radius 3 is 2.29 bits per heavy atom. The lowest BCUT2D eigenvalue weighted by molar-refractivity contribution is -0.133. The van der Waals surface area contributed by atoms with Crippen LogP contribution in [0, 0.1) is 5.41 Å². The van der Waals surface area contributed by atoms with Gasteiger partial charge in [0.2, 0.25) is 0 Å². The van der Waals surface area contributed by atoms with Gasteiger partial charge in [-0.15, -0.1) is 0 Å². The first-order valence-electron chi connectivity index (χ1n) is 11.9. The van der Waals surface area contributed by atoms with E-state index in [1.165, 1.54) is 9.47 Å². The monoisotopic (exact) mass is 484 g/mol. The molecule has 8 heteroatoms. The van der Waals surface area contributed by atoms with Crippen molar-refractivity contribution in [2.45, 2.75) is 79.6 Å². The van der Waals surface area contributed by atoms with Crippen LogP contribution < -0.4 is 0 Å². The van der Waals surface area contributed by atoms with E-state index in [0.717, 1.165) is 5.39 Å². The maximum atomic E-state index is 12.9. The van der Waals surface area contributed by atoms with Crippen LogP contribution in [0.2, 0.25) is 0 Å². The van der Waals surface area contributed by atoms with Gasteiger partial charge in [-0.05, 0) is 69.7 Å². The van der Waals surface area contributed by atoms with Gasteiger partial charge in [0.05, 0.1) is 17.1 Å². The summed E-state index contributed by atoms with van der Waals surface area (Å²) >= 11 is 0. The molecule has 1 aromatic carbocycles. The van der Waals surface area contributed by atoms with Crippen LogP contribution in [0.25, 0.3) is 16.5 Å². The van der Waals surface area contributed by atoms with Crippen LogP contribution in [0.1, 0.15) is 67.4 Å². The Hall–Kier alpha value is -3.29. The van der Waals surface area contributed by atoms with E-state index in [0.29, 0.717) is 29.6 Å². The topological polar surface area (TPSA) is 98.1 Å². The van der Waals surface area contributed by atoms with Crippen LogP contribution in [0.4, 0.5) is 9.59 Å². The van der Waals surface area contributed by atoms with Crippen LogP contribution in [0.15, 0.2) is 36.0 Å². The summed E-state index contributed by atoms with van der Waals surface area (Å²) in [7, 11) is 0. The number of fused-ring (bicyclic) bond motifs is 1. The van der Waals surface area contributed by atoms with Gasteiger partial charge in [0.25, 0.3) is 0 Å². The third-order valence-corrected chi connectivity index (χ3v) is 6.41. The van der Waals surface area contributed by atoms with Crippen molar-refractivity contribution in [2.24, 2.45) is 5.41 Å². The average molecular weight is 485 g/mol. The molecule has 0 spiro atoms. The zero-order chi connectivity index (χ0) is 26.3. The molecule has 0 bridgehead atoms. The Morgan fingerprint density at radius 2 is 1.71 bits per heavy atom. The van der Waals surface area contributed by atoms with E-state index in [2.05, 4.69) is 0 Å². The first-order valence-corrected chi connectivity index (χ1v) is 11.9. The van der Waals surface area contributed by atoms with Gasteiger partial charge in [-0.2, -0.15) is 0 Å².